The van der Waals surface area contributed by atoms with E-state index in [1.54, 1.807) is 12.1 Å². The van der Waals surface area contributed by atoms with Gasteiger partial charge in [0.25, 0.3) is 0 Å². The number of thiazole rings is 1. The average Bonchev–Trinajstić information content (AvgIpc) is 2.55. The molecule has 0 radical (unpaired) electrons. The van der Waals surface area contributed by atoms with Crippen LogP contribution in [0.25, 0.3) is 10.4 Å². The third kappa shape index (κ3) is 2.50. The van der Waals surface area contributed by atoms with Gasteiger partial charge in [0.2, 0.25) is 0 Å². The molecule has 0 amide bonds. The molecule has 2 N–H and O–H groups in total. The van der Waals surface area contributed by atoms with Gasteiger partial charge in [-0.3, -0.25) is 0 Å². The molecular formula is C11H11ClN2O2S2. The van der Waals surface area contributed by atoms with Crippen LogP contribution in [0.15, 0.2) is 23.1 Å². The Balaban J connectivity index is 2.57. The highest BCUT2D eigenvalue weighted by Crippen LogP contribution is 2.34. The number of nitrogens with two attached hydrogens (primary N) is 1. The summed E-state index contributed by atoms with van der Waals surface area (Å²) in [4.78, 5) is 5.15. The molecule has 0 atom stereocenters. The first-order valence-corrected chi connectivity index (χ1v) is 8.10. The lowest BCUT2D eigenvalue weighted by Crippen LogP contribution is -1.97. The number of nitrogens with zero attached hydrogens (tertiary/aromatic N) is 1. The van der Waals surface area contributed by atoms with Crippen LogP contribution in [0.4, 0.5) is 5.13 Å². The molecule has 0 saturated heterocycles. The maximum atomic E-state index is 11.5. The number of rotatable bonds is 2. The Labute approximate surface area is 114 Å². The van der Waals surface area contributed by atoms with Crippen LogP contribution < -0.4 is 5.73 Å². The number of aromatic nitrogens is 1. The molecule has 0 fully saturated rings. The lowest BCUT2D eigenvalue weighted by molar-refractivity contribution is 0.602. The molecule has 0 aliphatic carbocycles. The molecule has 2 aromatic rings. The van der Waals surface area contributed by atoms with Crippen LogP contribution in [0, 0.1) is 6.92 Å². The zero-order chi connectivity index (χ0) is 13.5. The van der Waals surface area contributed by atoms with Crippen LogP contribution >= 0.6 is 22.9 Å². The second-order valence-corrected chi connectivity index (χ2v) is 7.31. The molecule has 96 valence electrons. The summed E-state index contributed by atoms with van der Waals surface area (Å²) in [6.45, 7) is 1.85. The summed E-state index contributed by atoms with van der Waals surface area (Å²) in [6, 6.07) is 4.84. The summed E-state index contributed by atoms with van der Waals surface area (Å²) in [5.74, 6) is 0. The van der Waals surface area contributed by atoms with Crippen molar-refractivity contribution in [3.8, 4) is 10.4 Å². The highest BCUT2D eigenvalue weighted by Gasteiger charge is 2.15. The normalized spacial score (nSPS) is 11.7. The minimum Gasteiger partial charge on any atom is -0.375 e. The van der Waals surface area contributed by atoms with E-state index in [0.29, 0.717) is 5.13 Å². The van der Waals surface area contributed by atoms with Gasteiger partial charge in [0.15, 0.2) is 15.0 Å². The summed E-state index contributed by atoms with van der Waals surface area (Å²) in [5, 5.41) is 0.687. The minimum absolute atomic E-state index is 0.128. The van der Waals surface area contributed by atoms with Crippen molar-refractivity contribution in [1.29, 1.82) is 0 Å². The van der Waals surface area contributed by atoms with E-state index < -0.39 is 9.84 Å². The van der Waals surface area contributed by atoms with E-state index in [-0.39, 0.29) is 9.92 Å². The van der Waals surface area contributed by atoms with Gasteiger partial charge in [0.1, 0.15) is 0 Å². The fourth-order valence-electron chi connectivity index (χ4n) is 1.63. The van der Waals surface area contributed by atoms with Gasteiger partial charge in [-0.25, -0.2) is 13.4 Å². The van der Waals surface area contributed by atoms with Gasteiger partial charge >= 0.3 is 0 Å². The van der Waals surface area contributed by atoms with Crippen molar-refractivity contribution in [1.82, 2.24) is 4.98 Å². The van der Waals surface area contributed by atoms with Crippen molar-refractivity contribution in [3.63, 3.8) is 0 Å². The number of benzene rings is 1. The Morgan fingerprint density at radius 2 is 2.06 bits per heavy atom. The van der Waals surface area contributed by atoms with Crippen LogP contribution in [0.3, 0.4) is 0 Å². The van der Waals surface area contributed by atoms with Gasteiger partial charge < -0.3 is 5.73 Å². The number of halogens is 1. The molecule has 2 rings (SSSR count). The summed E-state index contributed by atoms with van der Waals surface area (Å²) in [6.07, 6.45) is 1.13. The Morgan fingerprint density at radius 1 is 1.39 bits per heavy atom. The number of aryl methyl sites for hydroxylation is 1. The third-order valence-electron chi connectivity index (χ3n) is 2.41. The van der Waals surface area contributed by atoms with Crippen LogP contribution in [-0.2, 0) is 9.84 Å². The number of sulfone groups is 1. The highest BCUT2D eigenvalue weighted by atomic mass is 35.5. The second-order valence-electron chi connectivity index (χ2n) is 3.88. The molecule has 4 nitrogen and oxygen atoms in total. The van der Waals surface area contributed by atoms with E-state index in [1.807, 2.05) is 6.92 Å². The van der Waals surface area contributed by atoms with Crippen LogP contribution in [0.2, 0.25) is 5.02 Å². The third-order valence-corrected chi connectivity index (χ3v) is 5.02. The van der Waals surface area contributed by atoms with E-state index in [1.165, 1.54) is 17.4 Å². The van der Waals surface area contributed by atoms with Gasteiger partial charge in [0.05, 0.1) is 20.5 Å². The first-order chi connectivity index (χ1) is 8.29. The SMILES string of the molecule is Cc1nc(N)sc1-c1ccc(S(C)(=O)=O)c(Cl)c1. The Kier molecular flexibility index (Phi) is 3.35. The Morgan fingerprint density at radius 3 is 2.50 bits per heavy atom. The van der Waals surface area contributed by atoms with Crippen LogP contribution in [0.1, 0.15) is 5.69 Å². The monoisotopic (exact) mass is 302 g/mol. The fourth-order valence-corrected chi connectivity index (χ4v) is 3.79. The second kappa shape index (κ2) is 4.53. The van der Waals surface area contributed by atoms with Crippen molar-refractivity contribution in [2.75, 3.05) is 12.0 Å². The van der Waals surface area contributed by atoms with Gasteiger partial charge in [-0.05, 0) is 24.6 Å². The van der Waals surface area contributed by atoms with Crippen molar-refractivity contribution in [2.24, 2.45) is 0 Å². The van der Waals surface area contributed by atoms with Crippen molar-refractivity contribution in [2.45, 2.75) is 11.8 Å². The van der Waals surface area contributed by atoms with E-state index in [4.69, 9.17) is 17.3 Å². The lowest BCUT2D eigenvalue weighted by atomic mass is 10.2. The van der Waals surface area contributed by atoms with E-state index in [9.17, 15) is 8.42 Å². The first kappa shape index (κ1) is 13.3. The molecule has 18 heavy (non-hydrogen) atoms. The fraction of sp³-hybridized carbons (Fsp3) is 0.182. The van der Waals surface area contributed by atoms with Gasteiger partial charge in [-0.15, -0.1) is 0 Å². The minimum atomic E-state index is -3.31. The molecule has 0 aliphatic rings. The van der Waals surface area contributed by atoms with Gasteiger partial charge in [-0.2, -0.15) is 0 Å². The van der Waals surface area contributed by atoms with Crippen molar-refractivity contribution in [3.05, 3.63) is 28.9 Å². The zero-order valence-electron chi connectivity index (χ0n) is 9.77. The summed E-state index contributed by atoms with van der Waals surface area (Å²) < 4.78 is 22.9. The number of hydrogen-bond donors (Lipinski definition) is 1. The molecule has 1 heterocycles. The molecule has 0 aliphatic heterocycles. The number of anilines is 1. The van der Waals surface area contributed by atoms with Crippen LogP contribution in [-0.4, -0.2) is 19.7 Å². The van der Waals surface area contributed by atoms with E-state index in [2.05, 4.69) is 4.98 Å². The number of nitrogen functional groups attached to an aromatic ring is 1. The molecule has 0 spiro atoms. The maximum Gasteiger partial charge on any atom is 0.180 e. The highest BCUT2D eigenvalue weighted by molar-refractivity contribution is 7.90. The largest absolute Gasteiger partial charge is 0.375 e. The molecular weight excluding hydrogens is 292 g/mol. The number of hydrogen-bond acceptors (Lipinski definition) is 5. The molecule has 0 unspecified atom stereocenters. The van der Waals surface area contributed by atoms with Crippen molar-refractivity contribution < 1.29 is 8.42 Å². The first-order valence-electron chi connectivity index (χ1n) is 5.02. The lowest BCUT2D eigenvalue weighted by Gasteiger charge is -2.04. The van der Waals surface area contributed by atoms with Crippen molar-refractivity contribution >= 4 is 37.9 Å². The van der Waals surface area contributed by atoms with Gasteiger partial charge in [-0.1, -0.05) is 29.0 Å². The topological polar surface area (TPSA) is 73.0 Å². The van der Waals surface area contributed by atoms with E-state index >= 15 is 0 Å². The predicted molar refractivity (Wildman–Crippen MR) is 74.8 cm³/mol. The molecule has 1 aromatic carbocycles. The molecule has 0 bridgehead atoms. The average molecular weight is 303 g/mol. The quantitative estimate of drug-likeness (QED) is 0.925. The smallest absolute Gasteiger partial charge is 0.180 e. The summed E-state index contributed by atoms with van der Waals surface area (Å²) in [5.41, 5.74) is 7.26. The predicted octanol–water partition coefficient (Wildman–Crippen LogP) is 2.76. The summed E-state index contributed by atoms with van der Waals surface area (Å²) >= 11 is 7.34. The molecule has 0 saturated carbocycles. The summed E-state index contributed by atoms with van der Waals surface area (Å²) in [7, 11) is -3.31. The van der Waals surface area contributed by atoms with Gasteiger partial charge in [0, 0.05) is 6.26 Å². The zero-order valence-corrected chi connectivity index (χ0v) is 12.2. The van der Waals surface area contributed by atoms with E-state index in [0.717, 1.165) is 22.4 Å². The maximum absolute atomic E-state index is 11.5. The van der Waals surface area contributed by atoms with Crippen LogP contribution in [0.5, 0.6) is 0 Å². The molecule has 7 heteroatoms. The Hall–Kier alpha value is -1.11. The Bertz CT molecular complexity index is 708. The molecule has 1 aromatic heterocycles. The standard InChI is InChI=1S/C11H11ClN2O2S2/c1-6-10(17-11(13)14-6)7-3-4-9(8(12)5-7)18(2,15)16/h3-5H,1-2H3,(H2,13,14).